The highest BCUT2D eigenvalue weighted by molar-refractivity contribution is 7.54. The van der Waals surface area contributed by atoms with Crippen molar-refractivity contribution in [3.05, 3.63) is 12.7 Å². The highest BCUT2D eigenvalue weighted by Crippen LogP contribution is 2.55. The number of nitrogens with zero attached hydrogens (tertiary/aromatic N) is 1. The van der Waals surface area contributed by atoms with Gasteiger partial charge in [0.15, 0.2) is 0 Å². The molecule has 0 N–H and O–H groups in total. The highest BCUT2D eigenvalue weighted by atomic mass is 31.2. The Morgan fingerprint density at radius 2 is 1.89 bits per heavy atom. The third kappa shape index (κ3) is 4.18. The molecule has 1 aliphatic heterocycles. The molecular formula is C12H24NO4P. The van der Waals surface area contributed by atoms with Crippen LogP contribution in [0, 0.1) is 0 Å². The summed E-state index contributed by atoms with van der Waals surface area (Å²) in [7, 11) is -3.12. The summed E-state index contributed by atoms with van der Waals surface area (Å²) in [6.45, 7) is 11.0. The molecule has 1 saturated heterocycles. The first-order valence-corrected chi connectivity index (χ1v) is 8.10. The highest BCUT2D eigenvalue weighted by Gasteiger charge is 2.39. The fourth-order valence-electron chi connectivity index (χ4n) is 2.07. The van der Waals surface area contributed by atoms with E-state index < -0.39 is 7.60 Å². The first kappa shape index (κ1) is 15.9. The molecule has 0 aromatic carbocycles. The van der Waals surface area contributed by atoms with Gasteiger partial charge in [-0.2, -0.15) is 0 Å². The van der Waals surface area contributed by atoms with Crippen molar-refractivity contribution in [1.82, 2.24) is 4.90 Å². The van der Waals surface area contributed by atoms with Crippen LogP contribution in [0.1, 0.15) is 20.3 Å². The molecule has 0 bridgehead atoms. The molecule has 1 atom stereocenters. The van der Waals surface area contributed by atoms with Crippen molar-refractivity contribution in [1.29, 1.82) is 0 Å². The van der Waals surface area contributed by atoms with Crippen molar-refractivity contribution in [2.24, 2.45) is 0 Å². The lowest BCUT2D eigenvalue weighted by Crippen LogP contribution is -2.43. The van der Waals surface area contributed by atoms with Crippen LogP contribution in [0.2, 0.25) is 0 Å². The molecule has 0 amide bonds. The summed E-state index contributed by atoms with van der Waals surface area (Å²) in [6.07, 6.45) is 2.36. The second-order valence-corrected chi connectivity index (χ2v) is 6.22. The fourth-order valence-corrected chi connectivity index (χ4v) is 4.25. The summed E-state index contributed by atoms with van der Waals surface area (Å²) in [5.74, 6) is -0.251. The summed E-state index contributed by atoms with van der Waals surface area (Å²) in [5, 5.41) is 0. The normalized spacial score (nSPS) is 19.7. The molecule has 1 aliphatic rings. The Bertz CT molecular complexity index is 282. The maximum Gasteiger partial charge on any atom is 0.347 e. The molecule has 0 aromatic heterocycles. The van der Waals surface area contributed by atoms with Gasteiger partial charge in [0.2, 0.25) is 0 Å². The van der Waals surface area contributed by atoms with Crippen molar-refractivity contribution in [3.8, 4) is 0 Å². The SMILES string of the molecule is C=CC[C@@H](N1CCOCC1)P(=O)(OCC)OCC. The van der Waals surface area contributed by atoms with Gasteiger partial charge in [-0.1, -0.05) is 6.08 Å². The number of hydrogen-bond donors (Lipinski definition) is 0. The summed E-state index contributed by atoms with van der Waals surface area (Å²) in [6, 6.07) is 0. The Morgan fingerprint density at radius 3 is 2.33 bits per heavy atom. The minimum atomic E-state index is -3.12. The molecule has 0 spiro atoms. The van der Waals surface area contributed by atoms with E-state index in [1.807, 2.05) is 13.8 Å². The van der Waals surface area contributed by atoms with E-state index in [1.54, 1.807) is 6.08 Å². The van der Waals surface area contributed by atoms with E-state index in [4.69, 9.17) is 13.8 Å². The van der Waals surface area contributed by atoms with Gasteiger partial charge < -0.3 is 13.8 Å². The zero-order chi connectivity index (χ0) is 13.4. The van der Waals surface area contributed by atoms with Crippen molar-refractivity contribution < 1.29 is 18.3 Å². The van der Waals surface area contributed by atoms with Crippen LogP contribution in [0.5, 0.6) is 0 Å². The molecule has 0 unspecified atom stereocenters. The maximum absolute atomic E-state index is 12.8. The van der Waals surface area contributed by atoms with Crippen LogP contribution in [0.3, 0.4) is 0 Å². The molecule has 0 saturated carbocycles. The monoisotopic (exact) mass is 277 g/mol. The van der Waals surface area contributed by atoms with E-state index in [0.29, 0.717) is 32.8 Å². The van der Waals surface area contributed by atoms with Crippen molar-refractivity contribution in [3.63, 3.8) is 0 Å². The van der Waals surface area contributed by atoms with Crippen LogP contribution in [0.15, 0.2) is 12.7 Å². The molecule has 6 heteroatoms. The third-order valence-corrected chi connectivity index (χ3v) is 5.33. The first-order chi connectivity index (χ1) is 8.68. The van der Waals surface area contributed by atoms with Crippen LogP contribution < -0.4 is 0 Å². The number of morpholine rings is 1. The standard InChI is InChI=1S/C12H24NO4P/c1-4-7-12(13-8-10-15-11-9-13)18(14,16-5-2)17-6-3/h4,12H,1,5-11H2,2-3H3/t12-/m0/s1. The lowest BCUT2D eigenvalue weighted by molar-refractivity contribution is 0.0245. The second kappa shape index (κ2) is 8.08. The van der Waals surface area contributed by atoms with Crippen LogP contribution in [-0.4, -0.2) is 50.2 Å². The zero-order valence-electron chi connectivity index (χ0n) is 11.3. The van der Waals surface area contributed by atoms with Gasteiger partial charge in [0, 0.05) is 13.1 Å². The van der Waals surface area contributed by atoms with E-state index in [1.165, 1.54) is 0 Å². The largest absolute Gasteiger partial charge is 0.379 e. The average molecular weight is 277 g/mol. The van der Waals surface area contributed by atoms with Gasteiger partial charge >= 0.3 is 7.60 Å². The Hall–Kier alpha value is -0.190. The minimum absolute atomic E-state index is 0.251. The van der Waals surface area contributed by atoms with E-state index in [9.17, 15) is 4.57 Å². The van der Waals surface area contributed by atoms with E-state index >= 15 is 0 Å². The Labute approximate surface area is 110 Å². The van der Waals surface area contributed by atoms with Crippen molar-refractivity contribution in [2.45, 2.75) is 26.1 Å². The Morgan fingerprint density at radius 1 is 1.33 bits per heavy atom. The lowest BCUT2D eigenvalue weighted by Gasteiger charge is -2.37. The van der Waals surface area contributed by atoms with Crippen LogP contribution >= 0.6 is 7.60 Å². The van der Waals surface area contributed by atoms with Crippen molar-refractivity contribution >= 4 is 7.60 Å². The zero-order valence-corrected chi connectivity index (χ0v) is 12.2. The number of ether oxygens (including phenoxy) is 1. The molecule has 1 fully saturated rings. The average Bonchev–Trinajstić information content (AvgIpc) is 2.37. The molecule has 0 aliphatic carbocycles. The summed E-state index contributed by atoms with van der Waals surface area (Å²) in [5.41, 5.74) is 0. The predicted molar refractivity (Wildman–Crippen MR) is 71.9 cm³/mol. The number of rotatable bonds is 8. The van der Waals surface area contributed by atoms with Gasteiger partial charge in [-0.25, -0.2) is 0 Å². The van der Waals surface area contributed by atoms with E-state index in [0.717, 1.165) is 13.1 Å². The van der Waals surface area contributed by atoms with Gasteiger partial charge in [-0.05, 0) is 20.3 Å². The van der Waals surface area contributed by atoms with E-state index in [2.05, 4.69) is 11.5 Å². The lowest BCUT2D eigenvalue weighted by atomic mass is 10.3. The summed E-state index contributed by atoms with van der Waals surface area (Å²) >= 11 is 0. The second-order valence-electron chi connectivity index (χ2n) is 4.03. The van der Waals surface area contributed by atoms with Gasteiger partial charge in [-0.3, -0.25) is 9.46 Å². The smallest absolute Gasteiger partial charge is 0.347 e. The third-order valence-electron chi connectivity index (χ3n) is 2.83. The van der Waals surface area contributed by atoms with Crippen LogP contribution in [0.4, 0.5) is 0 Å². The van der Waals surface area contributed by atoms with Gasteiger partial charge in [-0.15, -0.1) is 6.58 Å². The van der Waals surface area contributed by atoms with Crippen LogP contribution in [0.25, 0.3) is 0 Å². The van der Waals surface area contributed by atoms with Crippen LogP contribution in [-0.2, 0) is 18.3 Å². The minimum Gasteiger partial charge on any atom is -0.379 e. The Kier molecular flexibility index (Phi) is 7.12. The molecule has 18 heavy (non-hydrogen) atoms. The molecular weight excluding hydrogens is 253 g/mol. The summed E-state index contributed by atoms with van der Waals surface area (Å²) < 4.78 is 29.0. The van der Waals surface area contributed by atoms with E-state index in [-0.39, 0.29) is 5.78 Å². The van der Waals surface area contributed by atoms with Gasteiger partial charge in [0.1, 0.15) is 5.78 Å². The quantitative estimate of drug-likeness (QED) is 0.504. The maximum atomic E-state index is 12.8. The molecule has 1 heterocycles. The predicted octanol–water partition coefficient (Wildman–Crippen LogP) is 2.49. The topological polar surface area (TPSA) is 48.0 Å². The molecule has 0 aromatic rings. The fraction of sp³-hybridized carbons (Fsp3) is 0.833. The first-order valence-electron chi connectivity index (χ1n) is 6.49. The van der Waals surface area contributed by atoms with Gasteiger partial charge in [0.25, 0.3) is 0 Å². The molecule has 0 radical (unpaired) electrons. The molecule has 106 valence electrons. The molecule has 5 nitrogen and oxygen atoms in total. The number of hydrogen-bond acceptors (Lipinski definition) is 5. The summed E-state index contributed by atoms with van der Waals surface area (Å²) in [4.78, 5) is 2.12. The molecule has 1 rings (SSSR count). The van der Waals surface area contributed by atoms with Gasteiger partial charge in [0.05, 0.1) is 26.4 Å². The Balaban J connectivity index is 2.83. The van der Waals surface area contributed by atoms with Crippen molar-refractivity contribution in [2.75, 3.05) is 39.5 Å².